The Hall–Kier alpha value is -1.26. The van der Waals surface area contributed by atoms with Crippen molar-refractivity contribution < 1.29 is 9.59 Å². The summed E-state index contributed by atoms with van der Waals surface area (Å²) in [4.78, 5) is 24.5. The van der Waals surface area contributed by atoms with Crippen LogP contribution >= 0.6 is 23.2 Å². The first-order valence-electron chi connectivity index (χ1n) is 4.92. The number of halogens is 2. The largest absolute Gasteiger partial charge is 0.325 e. The van der Waals surface area contributed by atoms with E-state index in [-0.39, 0.29) is 5.91 Å². The third-order valence-corrected chi connectivity index (χ3v) is 3.63. The quantitative estimate of drug-likeness (QED) is 0.799. The SMILES string of the molecule is CN1C(=O)NC(C)(c2ccc(Cl)c(Cl)c2)C1=O. The molecule has 4 nitrogen and oxygen atoms in total. The molecule has 0 saturated carbocycles. The minimum Gasteiger partial charge on any atom is -0.319 e. The van der Waals surface area contributed by atoms with Gasteiger partial charge in [-0.05, 0) is 24.6 Å². The summed E-state index contributed by atoms with van der Waals surface area (Å²) >= 11 is 11.7. The highest BCUT2D eigenvalue weighted by Gasteiger charge is 2.47. The van der Waals surface area contributed by atoms with Crippen LogP contribution in [0, 0.1) is 0 Å². The number of nitrogens with one attached hydrogen (secondary N) is 1. The van der Waals surface area contributed by atoms with Crippen molar-refractivity contribution in [3.63, 3.8) is 0 Å². The zero-order valence-electron chi connectivity index (χ0n) is 9.25. The smallest absolute Gasteiger partial charge is 0.319 e. The molecule has 1 saturated heterocycles. The molecular formula is C11H10Cl2N2O2. The predicted octanol–water partition coefficient (Wildman–Crippen LogP) is 2.39. The molecule has 1 heterocycles. The number of imide groups is 1. The van der Waals surface area contributed by atoms with Gasteiger partial charge in [0.05, 0.1) is 10.0 Å². The van der Waals surface area contributed by atoms with Crippen LogP contribution in [0.5, 0.6) is 0 Å². The lowest BCUT2D eigenvalue weighted by molar-refractivity contribution is -0.130. The van der Waals surface area contributed by atoms with Gasteiger partial charge in [0.15, 0.2) is 0 Å². The van der Waals surface area contributed by atoms with Crippen LogP contribution in [0.25, 0.3) is 0 Å². The highest BCUT2D eigenvalue weighted by molar-refractivity contribution is 6.42. The van der Waals surface area contributed by atoms with Crippen molar-refractivity contribution in [3.8, 4) is 0 Å². The first kappa shape index (κ1) is 12.2. The summed E-state index contributed by atoms with van der Waals surface area (Å²) in [5.41, 5.74) is -0.477. The average molecular weight is 273 g/mol. The topological polar surface area (TPSA) is 49.4 Å². The zero-order chi connectivity index (χ0) is 12.8. The molecular weight excluding hydrogens is 263 g/mol. The lowest BCUT2D eigenvalue weighted by Gasteiger charge is -2.22. The Balaban J connectivity index is 2.49. The second-order valence-electron chi connectivity index (χ2n) is 4.05. The van der Waals surface area contributed by atoms with Gasteiger partial charge in [-0.1, -0.05) is 29.3 Å². The summed E-state index contributed by atoms with van der Waals surface area (Å²) in [7, 11) is 1.43. The number of nitrogens with zero attached hydrogens (tertiary/aromatic N) is 1. The van der Waals surface area contributed by atoms with Gasteiger partial charge in [0.1, 0.15) is 5.54 Å². The maximum atomic E-state index is 12.0. The van der Waals surface area contributed by atoms with Crippen molar-refractivity contribution >= 4 is 35.1 Å². The molecule has 1 unspecified atom stereocenters. The van der Waals surface area contributed by atoms with Crippen molar-refractivity contribution in [2.24, 2.45) is 0 Å². The normalized spacial score (nSPS) is 24.1. The maximum Gasteiger partial charge on any atom is 0.325 e. The lowest BCUT2D eigenvalue weighted by Crippen LogP contribution is -2.40. The van der Waals surface area contributed by atoms with Gasteiger partial charge in [0.25, 0.3) is 5.91 Å². The number of urea groups is 1. The van der Waals surface area contributed by atoms with E-state index in [2.05, 4.69) is 5.32 Å². The molecule has 0 aromatic heterocycles. The van der Waals surface area contributed by atoms with E-state index in [0.29, 0.717) is 15.6 Å². The van der Waals surface area contributed by atoms with Crippen LogP contribution in [-0.2, 0) is 10.3 Å². The summed E-state index contributed by atoms with van der Waals surface area (Å²) in [6.45, 7) is 1.64. The number of hydrogen-bond acceptors (Lipinski definition) is 2. The van der Waals surface area contributed by atoms with Crippen molar-refractivity contribution in [1.82, 2.24) is 10.2 Å². The van der Waals surface area contributed by atoms with Gasteiger partial charge < -0.3 is 5.32 Å². The molecule has 1 atom stereocenters. The molecule has 0 aliphatic carbocycles. The number of benzene rings is 1. The summed E-state index contributed by atoms with van der Waals surface area (Å²) < 4.78 is 0. The van der Waals surface area contributed by atoms with Crippen LogP contribution in [0.4, 0.5) is 4.79 Å². The number of carbonyl (C=O) groups is 2. The van der Waals surface area contributed by atoms with E-state index >= 15 is 0 Å². The maximum absolute atomic E-state index is 12.0. The molecule has 90 valence electrons. The van der Waals surface area contributed by atoms with Gasteiger partial charge in [-0.3, -0.25) is 9.69 Å². The molecule has 0 spiro atoms. The summed E-state index contributed by atoms with van der Waals surface area (Å²) in [5, 5.41) is 3.38. The summed E-state index contributed by atoms with van der Waals surface area (Å²) in [6.07, 6.45) is 0. The molecule has 0 radical (unpaired) electrons. The standard InChI is InChI=1S/C11H10Cl2N2O2/c1-11(9(16)15(2)10(17)14-11)6-3-4-7(12)8(13)5-6/h3-5H,1-2H3,(H,14,17). The molecule has 1 aliphatic rings. The zero-order valence-corrected chi connectivity index (χ0v) is 10.8. The summed E-state index contributed by atoms with van der Waals surface area (Å²) in [5.74, 6) is -0.319. The van der Waals surface area contributed by atoms with Crippen LogP contribution < -0.4 is 5.32 Å². The van der Waals surface area contributed by atoms with E-state index in [1.54, 1.807) is 25.1 Å². The van der Waals surface area contributed by atoms with Gasteiger partial charge in [0, 0.05) is 7.05 Å². The predicted molar refractivity (Wildman–Crippen MR) is 65.1 cm³/mol. The summed E-state index contributed by atoms with van der Waals surface area (Å²) in [6, 6.07) is 4.43. The Labute approximate surface area is 108 Å². The second kappa shape index (κ2) is 3.89. The Bertz CT molecular complexity index is 518. The van der Waals surface area contributed by atoms with Crippen LogP contribution in [0.2, 0.25) is 10.0 Å². The van der Waals surface area contributed by atoms with E-state index in [1.165, 1.54) is 7.05 Å². The molecule has 1 N–H and O–H groups in total. The van der Waals surface area contributed by atoms with Crippen molar-refractivity contribution in [2.45, 2.75) is 12.5 Å². The molecule has 3 amide bonds. The minimum atomic E-state index is -1.08. The van der Waals surface area contributed by atoms with E-state index in [4.69, 9.17) is 23.2 Å². The van der Waals surface area contributed by atoms with E-state index < -0.39 is 11.6 Å². The Kier molecular flexibility index (Phi) is 2.79. The monoisotopic (exact) mass is 272 g/mol. The first-order chi connectivity index (χ1) is 7.86. The Morgan fingerprint density at radius 2 is 1.88 bits per heavy atom. The van der Waals surface area contributed by atoms with Crippen molar-refractivity contribution in [3.05, 3.63) is 33.8 Å². The number of rotatable bonds is 1. The lowest BCUT2D eigenvalue weighted by atomic mass is 9.92. The molecule has 1 fully saturated rings. The number of carbonyl (C=O) groups excluding carboxylic acids is 2. The van der Waals surface area contributed by atoms with Crippen LogP contribution in [-0.4, -0.2) is 23.9 Å². The molecule has 1 aromatic carbocycles. The Morgan fingerprint density at radius 3 is 2.35 bits per heavy atom. The first-order valence-corrected chi connectivity index (χ1v) is 5.67. The van der Waals surface area contributed by atoms with Crippen molar-refractivity contribution in [2.75, 3.05) is 7.05 Å². The van der Waals surface area contributed by atoms with E-state index in [1.807, 2.05) is 0 Å². The second-order valence-corrected chi connectivity index (χ2v) is 4.86. The van der Waals surface area contributed by atoms with Gasteiger partial charge >= 0.3 is 6.03 Å². The van der Waals surface area contributed by atoms with Crippen LogP contribution in [0.15, 0.2) is 18.2 Å². The number of hydrogen-bond donors (Lipinski definition) is 1. The van der Waals surface area contributed by atoms with E-state index in [0.717, 1.165) is 4.90 Å². The molecule has 1 aliphatic heterocycles. The van der Waals surface area contributed by atoms with Gasteiger partial charge in [-0.15, -0.1) is 0 Å². The third-order valence-electron chi connectivity index (χ3n) is 2.89. The molecule has 6 heteroatoms. The minimum absolute atomic E-state index is 0.319. The Morgan fingerprint density at radius 1 is 1.24 bits per heavy atom. The highest BCUT2D eigenvalue weighted by atomic mass is 35.5. The van der Waals surface area contributed by atoms with Crippen LogP contribution in [0.3, 0.4) is 0 Å². The van der Waals surface area contributed by atoms with Crippen molar-refractivity contribution in [1.29, 1.82) is 0 Å². The van der Waals surface area contributed by atoms with Gasteiger partial charge in [0.2, 0.25) is 0 Å². The van der Waals surface area contributed by atoms with Gasteiger partial charge in [-0.25, -0.2) is 4.79 Å². The fourth-order valence-corrected chi connectivity index (χ4v) is 2.08. The van der Waals surface area contributed by atoms with E-state index in [9.17, 15) is 9.59 Å². The fraction of sp³-hybridized carbons (Fsp3) is 0.273. The van der Waals surface area contributed by atoms with Crippen LogP contribution in [0.1, 0.15) is 12.5 Å². The molecule has 0 bridgehead atoms. The molecule has 1 aromatic rings. The third kappa shape index (κ3) is 1.77. The van der Waals surface area contributed by atoms with Gasteiger partial charge in [-0.2, -0.15) is 0 Å². The molecule has 17 heavy (non-hydrogen) atoms. The number of amides is 3. The molecule has 2 rings (SSSR count). The fourth-order valence-electron chi connectivity index (χ4n) is 1.78. The average Bonchev–Trinajstić information content (AvgIpc) is 2.48. The highest BCUT2D eigenvalue weighted by Crippen LogP contribution is 2.32. The number of likely N-dealkylation sites (N-methyl/N-ethyl adjacent to an activating group) is 1.